The molecule has 5 heteroatoms. The van der Waals surface area contributed by atoms with Crippen LogP contribution in [0.25, 0.3) is 0 Å². The van der Waals surface area contributed by atoms with Crippen molar-refractivity contribution in [2.45, 2.75) is 26.3 Å². The maximum Gasteiger partial charge on any atom is 0.224 e. The number of aromatic nitrogens is 2. The lowest BCUT2D eigenvalue weighted by Crippen LogP contribution is -2.14. The molecule has 2 rings (SSSR count). The van der Waals surface area contributed by atoms with E-state index in [1.54, 1.807) is 13.3 Å². The number of anilines is 2. The van der Waals surface area contributed by atoms with Crippen LogP contribution < -0.4 is 15.4 Å². The number of benzene rings is 1. The van der Waals surface area contributed by atoms with Crippen LogP contribution in [0.2, 0.25) is 0 Å². The van der Waals surface area contributed by atoms with Crippen molar-refractivity contribution in [3.05, 3.63) is 42.1 Å². The lowest BCUT2D eigenvalue weighted by atomic mass is 10.1. The maximum absolute atomic E-state index is 5.22. The van der Waals surface area contributed by atoms with E-state index in [2.05, 4.69) is 40.5 Å². The van der Waals surface area contributed by atoms with Crippen molar-refractivity contribution in [2.75, 3.05) is 24.3 Å². The fourth-order valence-electron chi connectivity index (χ4n) is 1.95. The van der Waals surface area contributed by atoms with Crippen molar-refractivity contribution >= 4 is 11.8 Å². The van der Waals surface area contributed by atoms with Crippen LogP contribution in [-0.4, -0.2) is 29.7 Å². The number of rotatable bonds is 7. The van der Waals surface area contributed by atoms with E-state index in [9.17, 15) is 0 Å². The molecule has 0 unspecified atom stereocenters. The molecule has 1 aromatic heterocycles. The van der Waals surface area contributed by atoms with Gasteiger partial charge in [-0.2, -0.15) is 4.98 Å². The first-order chi connectivity index (χ1) is 10.2. The van der Waals surface area contributed by atoms with Crippen LogP contribution in [0.3, 0.4) is 0 Å². The quantitative estimate of drug-likeness (QED) is 0.819. The van der Waals surface area contributed by atoms with E-state index >= 15 is 0 Å². The van der Waals surface area contributed by atoms with Crippen molar-refractivity contribution in [3.8, 4) is 5.75 Å². The highest BCUT2D eigenvalue weighted by molar-refractivity contribution is 5.40. The summed E-state index contributed by atoms with van der Waals surface area (Å²) >= 11 is 0. The molecule has 0 amide bonds. The number of hydrogen-bond acceptors (Lipinski definition) is 5. The monoisotopic (exact) mass is 286 g/mol. The predicted molar refractivity (Wildman–Crippen MR) is 86.0 cm³/mol. The molecule has 0 aliphatic carbocycles. The molecule has 2 aromatic rings. The first-order valence-corrected chi connectivity index (χ1v) is 7.14. The van der Waals surface area contributed by atoms with Crippen LogP contribution in [0, 0.1) is 0 Å². The summed E-state index contributed by atoms with van der Waals surface area (Å²) in [5.74, 6) is 2.37. The number of methoxy groups -OCH3 is 1. The summed E-state index contributed by atoms with van der Waals surface area (Å²) in [4.78, 5) is 8.61. The molecule has 0 radical (unpaired) electrons. The molecule has 0 aliphatic rings. The molecule has 0 aliphatic heterocycles. The summed E-state index contributed by atoms with van der Waals surface area (Å²) < 4.78 is 5.22. The van der Waals surface area contributed by atoms with E-state index in [4.69, 9.17) is 4.74 Å². The van der Waals surface area contributed by atoms with Gasteiger partial charge >= 0.3 is 0 Å². The molecule has 0 spiro atoms. The Morgan fingerprint density at radius 3 is 2.86 bits per heavy atom. The van der Waals surface area contributed by atoms with Crippen LogP contribution in [0.4, 0.5) is 11.8 Å². The Bertz CT molecular complexity index is 572. The van der Waals surface area contributed by atoms with Crippen molar-refractivity contribution in [1.82, 2.24) is 9.97 Å². The summed E-state index contributed by atoms with van der Waals surface area (Å²) in [6.45, 7) is 4.93. The second-order valence-electron chi connectivity index (χ2n) is 5.09. The Morgan fingerprint density at radius 1 is 1.24 bits per heavy atom. The van der Waals surface area contributed by atoms with Crippen molar-refractivity contribution in [2.24, 2.45) is 0 Å². The zero-order chi connectivity index (χ0) is 15.1. The van der Waals surface area contributed by atoms with Crippen LogP contribution in [0.15, 0.2) is 36.5 Å². The number of nitrogens with zero attached hydrogens (tertiary/aromatic N) is 2. The van der Waals surface area contributed by atoms with Gasteiger partial charge in [-0.05, 0) is 44.0 Å². The van der Waals surface area contributed by atoms with Crippen molar-refractivity contribution in [1.29, 1.82) is 0 Å². The predicted octanol–water partition coefficient (Wildman–Crippen LogP) is 2.96. The number of hydrogen-bond donors (Lipinski definition) is 2. The number of ether oxygens (including phenoxy) is 1. The Kier molecular flexibility index (Phi) is 5.37. The van der Waals surface area contributed by atoms with Gasteiger partial charge in [-0.25, -0.2) is 4.98 Å². The van der Waals surface area contributed by atoms with Crippen LogP contribution in [0.5, 0.6) is 5.75 Å². The van der Waals surface area contributed by atoms with Gasteiger partial charge in [-0.3, -0.25) is 0 Å². The normalized spacial score (nSPS) is 10.5. The van der Waals surface area contributed by atoms with Gasteiger partial charge in [0.2, 0.25) is 5.95 Å². The average Bonchev–Trinajstić information content (AvgIpc) is 2.47. The van der Waals surface area contributed by atoms with Crippen molar-refractivity contribution < 1.29 is 4.74 Å². The summed E-state index contributed by atoms with van der Waals surface area (Å²) in [6, 6.07) is 10.3. The Morgan fingerprint density at radius 2 is 2.10 bits per heavy atom. The molecule has 0 bridgehead atoms. The number of nitrogens with one attached hydrogen (secondary N) is 2. The van der Waals surface area contributed by atoms with Gasteiger partial charge in [0.1, 0.15) is 11.6 Å². The minimum atomic E-state index is 0.317. The third kappa shape index (κ3) is 4.95. The van der Waals surface area contributed by atoms with E-state index in [1.807, 2.05) is 24.3 Å². The summed E-state index contributed by atoms with van der Waals surface area (Å²) in [7, 11) is 1.68. The average molecular weight is 286 g/mol. The van der Waals surface area contributed by atoms with E-state index in [0.717, 1.165) is 24.5 Å². The molecule has 0 saturated heterocycles. The van der Waals surface area contributed by atoms with Crippen LogP contribution in [-0.2, 0) is 6.42 Å². The molecule has 0 saturated carbocycles. The topological polar surface area (TPSA) is 59.1 Å². The highest BCUT2D eigenvalue weighted by Gasteiger charge is 2.01. The lowest BCUT2D eigenvalue weighted by Gasteiger charge is -2.10. The van der Waals surface area contributed by atoms with Gasteiger partial charge in [0.25, 0.3) is 0 Å². The van der Waals surface area contributed by atoms with Gasteiger partial charge in [-0.15, -0.1) is 0 Å². The molecule has 21 heavy (non-hydrogen) atoms. The molecule has 5 nitrogen and oxygen atoms in total. The zero-order valence-corrected chi connectivity index (χ0v) is 12.8. The van der Waals surface area contributed by atoms with E-state index in [-0.39, 0.29) is 0 Å². The Labute approximate surface area is 125 Å². The van der Waals surface area contributed by atoms with E-state index < -0.39 is 0 Å². The highest BCUT2D eigenvalue weighted by atomic mass is 16.5. The summed E-state index contributed by atoms with van der Waals surface area (Å²) in [6.07, 6.45) is 2.67. The molecule has 112 valence electrons. The fraction of sp³-hybridized carbons (Fsp3) is 0.375. The first kappa shape index (κ1) is 15.1. The Hall–Kier alpha value is -2.30. The molecule has 0 fully saturated rings. The summed E-state index contributed by atoms with van der Waals surface area (Å²) in [5.41, 5.74) is 1.23. The molecular formula is C16H22N4O. The smallest absolute Gasteiger partial charge is 0.224 e. The van der Waals surface area contributed by atoms with E-state index in [0.29, 0.717) is 12.0 Å². The van der Waals surface area contributed by atoms with Crippen LogP contribution in [0.1, 0.15) is 19.4 Å². The minimum Gasteiger partial charge on any atom is -0.497 e. The van der Waals surface area contributed by atoms with Crippen LogP contribution >= 0.6 is 0 Å². The largest absolute Gasteiger partial charge is 0.497 e. The molecule has 1 aromatic carbocycles. The zero-order valence-electron chi connectivity index (χ0n) is 12.8. The molecule has 2 N–H and O–H groups in total. The minimum absolute atomic E-state index is 0.317. The maximum atomic E-state index is 5.22. The fourth-order valence-corrected chi connectivity index (χ4v) is 1.95. The van der Waals surface area contributed by atoms with Gasteiger partial charge < -0.3 is 15.4 Å². The summed E-state index contributed by atoms with van der Waals surface area (Å²) in [5, 5.41) is 6.50. The van der Waals surface area contributed by atoms with E-state index in [1.165, 1.54) is 5.56 Å². The molecule has 1 heterocycles. The third-order valence-electron chi connectivity index (χ3n) is 2.93. The second-order valence-corrected chi connectivity index (χ2v) is 5.09. The van der Waals surface area contributed by atoms with Gasteiger partial charge in [0, 0.05) is 18.8 Å². The highest BCUT2D eigenvalue weighted by Crippen LogP contribution is 2.13. The molecular weight excluding hydrogens is 264 g/mol. The van der Waals surface area contributed by atoms with Crippen molar-refractivity contribution in [3.63, 3.8) is 0 Å². The second kappa shape index (κ2) is 7.47. The third-order valence-corrected chi connectivity index (χ3v) is 2.93. The lowest BCUT2D eigenvalue weighted by molar-refractivity contribution is 0.414. The standard InChI is InChI=1S/C16H22N4O/c1-12(2)19-16-18-10-8-15(20-16)17-9-7-13-5-4-6-14(11-13)21-3/h4-6,8,10-12H,7,9H2,1-3H3,(H2,17,18,19,20). The van der Waals surface area contributed by atoms with Gasteiger partial charge in [0.05, 0.1) is 7.11 Å². The first-order valence-electron chi connectivity index (χ1n) is 7.14. The Balaban J connectivity index is 1.88. The van der Waals surface area contributed by atoms with Gasteiger partial charge in [0.15, 0.2) is 0 Å². The molecule has 0 atom stereocenters. The SMILES string of the molecule is COc1cccc(CCNc2ccnc(NC(C)C)n2)c1. The van der Waals surface area contributed by atoms with Gasteiger partial charge in [-0.1, -0.05) is 12.1 Å².